The van der Waals surface area contributed by atoms with Gasteiger partial charge in [-0.25, -0.2) is 8.78 Å². The second-order valence-electron chi connectivity index (χ2n) is 8.02. The lowest BCUT2D eigenvalue weighted by molar-refractivity contribution is 0.0916. The number of hydrogen-bond donors (Lipinski definition) is 2. The highest BCUT2D eigenvalue weighted by molar-refractivity contribution is 5.94. The molecule has 0 radical (unpaired) electrons. The van der Waals surface area contributed by atoms with Crippen LogP contribution in [0.5, 0.6) is 0 Å². The molecule has 0 unspecified atom stereocenters. The van der Waals surface area contributed by atoms with E-state index in [9.17, 15) is 18.4 Å². The van der Waals surface area contributed by atoms with Crippen LogP contribution in [-0.2, 0) is 0 Å². The Hall–Kier alpha value is -2.76. The molecule has 4 nitrogen and oxygen atoms in total. The zero-order chi connectivity index (χ0) is 22.7. The Morgan fingerprint density at radius 3 is 1.90 bits per heavy atom. The van der Waals surface area contributed by atoms with Crippen molar-refractivity contribution in [3.63, 3.8) is 0 Å². The first kappa shape index (κ1) is 24.5. The van der Waals surface area contributed by atoms with Gasteiger partial charge in [0.2, 0.25) is 0 Å². The summed E-state index contributed by atoms with van der Waals surface area (Å²) in [5, 5.41) is 5.82. The van der Waals surface area contributed by atoms with Crippen molar-refractivity contribution in [2.75, 3.05) is 13.1 Å². The highest BCUT2D eigenvalue weighted by Gasteiger charge is 2.28. The van der Waals surface area contributed by atoms with Gasteiger partial charge in [-0.2, -0.15) is 0 Å². The predicted octanol–water partition coefficient (Wildman–Crippen LogP) is 5.49. The van der Waals surface area contributed by atoms with Crippen molar-refractivity contribution in [2.24, 2.45) is 5.41 Å². The van der Waals surface area contributed by atoms with Crippen LogP contribution in [0.3, 0.4) is 0 Å². The molecule has 2 aromatic rings. The van der Waals surface area contributed by atoms with Gasteiger partial charge in [0.05, 0.1) is 0 Å². The number of hydrogen-bond acceptors (Lipinski definition) is 2. The molecule has 0 spiro atoms. The average molecular weight is 431 g/mol. The quantitative estimate of drug-likeness (QED) is 0.437. The van der Waals surface area contributed by atoms with E-state index in [0.29, 0.717) is 24.2 Å². The lowest BCUT2D eigenvalue weighted by atomic mass is 9.76. The van der Waals surface area contributed by atoms with Crippen molar-refractivity contribution in [3.8, 4) is 0 Å². The Morgan fingerprint density at radius 1 is 0.839 bits per heavy atom. The summed E-state index contributed by atoms with van der Waals surface area (Å²) < 4.78 is 26.7. The molecule has 2 N–H and O–H groups in total. The maximum Gasteiger partial charge on any atom is 0.251 e. The van der Waals surface area contributed by atoms with E-state index in [-0.39, 0.29) is 17.2 Å². The van der Waals surface area contributed by atoms with Crippen LogP contribution in [-0.4, -0.2) is 24.9 Å². The number of amides is 2. The van der Waals surface area contributed by atoms with Gasteiger partial charge in [0.25, 0.3) is 11.8 Å². The fourth-order valence-corrected chi connectivity index (χ4v) is 3.73. The number of carbonyl (C=O) groups is 2. The van der Waals surface area contributed by atoms with E-state index in [1.54, 1.807) is 12.1 Å². The highest BCUT2D eigenvalue weighted by atomic mass is 19.1. The van der Waals surface area contributed by atoms with Crippen molar-refractivity contribution in [3.05, 3.63) is 71.3 Å². The Balaban J connectivity index is 1.92. The SMILES string of the molecule is CCCC[C@@](CC)(CCCNC(=O)c1cccc(F)c1)CNC(=O)c1cccc(F)c1. The fourth-order valence-electron chi connectivity index (χ4n) is 3.73. The fraction of sp³-hybridized carbons (Fsp3) is 0.440. The van der Waals surface area contributed by atoms with Crippen molar-refractivity contribution in [2.45, 2.75) is 52.4 Å². The zero-order valence-electron chi connectivity index (χ0n) is 18.3. The van der Waals surface area contributed by atoms with Crippen LogP contribution in [0.1, 0.15) is 73.1 Å². The molecule has 0 heterocycles. The van der Waals surface area contributed by atoms with Gasteiger partial charge in [0.1, 0.15) is 11.6 Å². The van der Waals surface area contributed by atoms with Crippen LogP contribution in [0, 0.1) is 17.0 Å². The minimum absolute atomic E-state index is 0.0947. The van der Waals surface area contributed by atoms with Crippen LogP contribution in [0.4, 0.5) is 8.78 Å². The number of halogens is 2. The molecule has 2 rings (SSSR count). The normalized spacial score (nSPS) is 12.8. The molecule has 0 aliphatic carbocycles. The minimum atomic E-state index is -0.439. The van der Waals surface area contributed by atoms with Gasteiger partial charge in [-0.3, -0.25) is 9.59 Å². The van der Waals surface area contributed by atoms with Gasteiger partial charge in [-0.1, -0.05) is 38.8 Å². The van der Waals surface area contributed by atoms with E-state index in [1.807, 2.05) is 0 Å². The largest absolute Gasteiger partial charge is 0.352 e. The molecule has 0 aliphatic rings. The second kappa shape index (κ2) is 12.2. The maximum atomic E-state index is 13.4. The third-order valence-electron chi connectivity index (χ3n) is 5.78. The summed E-state index contributed by atoms with van der Waals surface area (Å²) in [7, 11) is 0. The summed E-state index contributed by atoms with van der Waals surface area (Å²) in [6.45, 7) is 5.21. The first-order chi connectivity index (χ1) is 14.9. The van der Waals surface area contributed by atoms with Gasteiger partial charge >= 0.3 is 0 Å². The summed E-state index contributed by atoms with van der Waals surface area (Å²) in [5.41, 5.74) is 0.515. The monoisotopic (exact) mass is 430 g/mol. The molecular formula is C25H32F2N2O2. The smallest absolute Gasteiger partial charge is 0.251 e. The Labute approximate surface area is 183 Å². The molecule has 6 heteroatoms. The van der Waals surface area contributed by atoms with Crippen molar-refractivity contribution in [1.29, 1.82) is 0 Å². The summed E-state index contributed by atoms with van der Waals surface area (Å²) in [6, 6.07) is 11.3. The van der Waals surface area contributed by atoms with E-state index in [4.69, 9.17) is 0 Å². The number of nitrogens with one attached hydrogen (secondary N) is 2. The third-order valence-corrected chi connectivity index (χ3v) is 5.78. The molecule has 0 aromatic heterocycles. The van der Waals surface area contributed by atoms with Crippen molar-refractivity contribution < 1.29 is 18.4 Å². The summed E-state index contributed by atoms with van der Waals surface area (Å²) in [6.07, 6.45) is 5.51. The molecule has 0 saturated carbocycles. The van der Waals surface area contributed by atoms with E-state index in [1.165, 1.54) is 36.4 Å². The van der Waals surface area contributed by atoms with Gasteiger partial charge < -0.3 is 10.6 Å². The number of rotatable bonds is 12. The number of benzene rings is 2. The lowest BCUT2D eigenvalue weighted by Crippen LogP contribution is -2.38. The van der Waals surface area contributed by atoms with Crippen LogP contribution < -0.4 is 10.6 Å². The second-order valence-corrected chi connectivity index (χ2v) is 8.02. The summed E-state index contributed by atoms with van der Waals surface area (Å²) in [4.78, 5) is 24.7. The Kier molecular flexibility index (Phi) is 9.63. The molecular weight excluding hydrogens is 398 g/mol. The van der Waals surface area contributed by atoms with E-state index >= 15 is 0 Å². The van der Waals surface area contributed by atoms with E-state index in [0.717, 1.165) is 38.5 Å². The van der Waals surface area contributed by atoms with Crippen molar-refractivity contribution in [1.82, 2.24) is 10.6 Å². The topological polar surface area (TPSA) is 58.2 Å². The standard InChI is InChI=1S/C25H32F2N2O2/c1-3-5-13-25(4-2,18-29-24(31)20-10-7-12-22(27)17-20)14-8-15-28-23(30)19-9-6-11-21(26)16-19/h6-7,9-12,16-17H,3-5,8,13-15,18H2,1-2H3,(H,28,30)(H,29,31)/t25-/m0/s1. The summed E-state index contributed by atoms with van der Waals surface area (Å²) >= 11 is 0. The third kappa shape index (κ3) is 7.78. The lowest BCUT2D eigenvalue weighted by Gasteiger charge is -2.33. The van der Waals surface area contributed by atoms with Crippen LogP contribution in [0.2, 0.25) is 0 Å². The van der Waals surface area contributed by atoms with E-state index < -0.39 is 11.6 Å². The average Bonchev–Trinajstić information content (AvgIpc) is 2.77. The molecule has 0 aliphatic heterocycles. The molecule has 0 bridgehead atoms. The zero-order valence-corrected chi connectivity index (χ0v) is 18.3. The molecule has 168 valence electrons. The Bertz CT molecular complexity index is 872. The Morgan fingerprint density at radius 2 is 1.39 bits per heavy atom. The van der Waals surface area contributed by atoms with Gasteiger partial charge in [-0.05, 0) is 67.5 Å². The van der Waals surface area contributed by atoms with Gasteiger partial charge in [0, 0.05) is 24.2 Å². The first-order valence-corrected chi connectivity index (χ1v) is 11.0. The van der Waals surface area contributed by atoms with Crippen LogP contribution >= 0.6 is 0 Å². The molecule has 2 amide bonds. The summed E-state index contributed by atoms with van der Waals surface area (Å²) in [5.74, 6) is -1.46. The first-order valence-electron chi connectivity index (χ1n) is 11.0. The van der Waals surface area contributed by atoms with Gasteiger partial charge in [0.15, 0.2) is 0 Å². The molecule has 1 atom stereocenters. The molecule has 2 aromatic carbocycles. The molecule has 31 heavy (non-hydrogen) atoms. The van der Waals surface area contributed by atoms with Crippen LogP contribution in [0.25, 0.3) is 0 Å². The minimum Gasteiger partial charge on any atom is -0.352 e. The predicted molar refractivity (Wildman–Crippen MR) is 119 cm³/mol. The number of unbranched alkanes of at least 4 members (excludes halogenated alkanes) is 1. The highest BCUT2D eigenvalue weighted by Crippen LogP contribution is 2.33. The maximum absolute atomic E-state index is 13.4. The van der Waals surface area contributed by atoms with Crippen LogP contribution in [0.15, 0.2) is 48.5 Å². The molecule has 0 saturated heterocycles. The molecule has 0 fully saturated rings. The van der Waals surface area contributed by atoms with Crippen molar-refractivity contribution >= 4 is 11.8 Å². The number of carbonyl (C=O) groups excluding carboxylic acids is 2. The van der Waals surface area contributed by atoms with E-state index in [2.05, 4.69) is 24.5 Å². The van der Waals surface area contributed by atoms with Gasteiger partial charge in [-0.15, -0.1) is 0 Å².